The molecule has 0 aromatic heterocycles. The third-order valence-electron chi connectivity index (χ3n) is 2.29. The quantitative estimate of drug-likeness (QED) is 0.535. The highest BCUT2D eigenvalue weighted by atomic mass is 32.2. The van der Waals surface area contributed by atoms with Crippen LogP contribution in [0.5, 0.6) is 0 Å². The first-order valence-electron chi connectivity index (χ1n) is 5.43. The predicted octanol–water partition coefficient (Wildman–Crippen LogP) is -0.404. The van der Waals surface area contributed by atoms with Gasteiger partial charge in [-0.25, -0.2) is 13.6 Å². The summed E-state index contributed by atoms with van der Waals surface area (Å²) >= 11 is 0. The van der Waals surface area contributed by atoms with Crippen molar-refractivity contribution < 1.29 is 8.42 Å². The minimum Gasteiger partial charge on any atom is -0.316 e. The Labute approximate surface area is 93.1 Å². The number of nitrogens with one attached hydrogen (secondary N) is 1. The molecule has 3 N–H and O–H groups in total. The van der Waals surface area contributed by atoms with Gasteiger partial charge in [-0.2, -0.15) is 0 Å². The number of hydrogen-bond donors (Lipinski definition) is 2. The van der Waals surface area contributed by atoms with Gasteiger partial charge in [-0.3, -0.25) is 0 Å². The monoisotopic (exact) mass is 237 g/mol. The normalized spacial score (nSPS) is 12.3. The number of nitrogens with zero attached hydrogens (tertiary/aromatic N) is 1. The Morgan fingerprint density at radius 3 is 2.27 bits per heavy atom. The van der Waals surface area contributed by atoms with Crippen LogP contribution in [0, 0.1) is 0 Å². The van der Waals surface area contributed by atoms with E-state index in [1.165, 1.54) is 0 Å². The lowest BCUT2D eigenvalue weighted by atomic mass is 10.3. The molecule has 0 saturated carbocycles. The highest BCUT2D eigenvalue weighted by Crippen LogP contribution is 1.89. The Morgan fingerprint density at radius 2 is 1.80 bits per heavy atom. The molecule has 0 amide bonds. The number of sulfonamides is 1. The van der Waals surface area contributed by atoms with Crippen molar-refractivity contribution >= 4 is 10.0 Å². The van der Waals surface area contributed by atoms with Crippen LogP contribution in [0.25, 0.3) is 0 Å². The average Bonchev–Trinajstić information content (AvgIpc) is 2.15. The fourth-order valence-corrected chi connectivity index (χ4v) is 1.74. The lowest BCUT2D eigenvalue weighted by Crippen LogP contribution is -2.30. The van der Waals surface area contributed by atoms with Gasteiger partial charge in [0.05, 0.1) is 5.75 Å². The molecule has 15 heavy (non-hydrogen) atoms. The molecule has 0 aliphatic heterocycles. The molecule has 0 saturated heterocycles. The topological polar surface area (TPSA) is 75.4 Å². The van der Waals surface area contributed by atoms with Crippen molar-refractivity contribution in [2.24, 2.45) is 5.14 Å². The molecule has 0 rings (SSSR count). The minimum atomic E-state index is -3.31. The Morgan fingerprint density at radius 1 is 1.20 bits per heavy atom. The first-order valence-corrected chi connectivity index (χ1v) is 7.14. The molecule has 0 aromatic rings. The van der Waals surface area contributed by atoms with Crippen LogP contribution in [0.2, 0.25) is 0 Å². The van der Waals surface area contributed by atoms with Gasteiger partial charge in [0.1, 0.15) is 0 Å². The summed E-state index contributed by atoms with van der Waals surface area (Å²) in [6.07, 6.45) is 1.03. The van der Waals surface area contributed by atoms with Gasteiger partial charge in [-0.1, -0.05) is 13.8 Å². The summed E-state index contributed by atoms with van der Waals surface area (Å²) in [5.41, 5.74) is 0. The van der Waals surface area contributed by atoms with Gasteiger partial charge in [-0.15, -0.1) is 0 Å². The maximum atomic E-state index is 10.6. The molecule has 0 heterocycles. The van der Waals surface area contributed by atoms with E-state index in [0.717, 1.165) is 32.6 Å². The zero-order valence-electron chi connectivity index (χ0n) is 9.70. The zero-order valence-corrected chi connectivity index (χ0v) is 10.5. The van der Waals surface area contributed by atoms with Crippen LogP contribution < -0.4 is 10.5 Å². The summed E-state index contributed by atoms with van der Waals surface area (Å²) in [5, 5.41) is 7.93. The third kappa shape index (κ3) is 10.1. The molecule has 0 aliphatic carbocycles. The van der Waals surface area contributed by atoms with Crippen LogP contribution in [0.1, 0.15) is 20.3 Å². The average molecular weight is 237 g/mol. The highest BCUT2D eigenvalue weighted by Gasteiger charge is 2.01. The van der Waals surface area contributed by atoms with Crippen molar-refractivity contribution in [3.63, 3.8) is 0 Å². The second-order valence-corrected chi connectivity index (χ2v) is 5.23. The van der Waals surface area contributed by atoms with E-state index in [2.05, 4.69) is 24.1 Å². The molecule has 0 bridgehead atoms. The molecule has 5 nitrogen and oxygen atoms in total. The van der Waals surface area contributed by atoms with Crippen LogP contribution in [-0.2, 0) is 10.0 Å². The van der Waals surface area contributed by atoms with Gasteiger partial charge in [0, 0.05) is 6.54 Å². The Bertz CT molecular complexity index is 238. The summed E-state index contributed by atoms with van der Waals surface area (Å²) in [7, 11) is -3.31. The standard InChI is InChI=1S/C9H23N3O2S/c1-3-12(4-2)8-5-6-11-7-9-15(10,13)14/h11H,3-9H2,1-2H3,(H2,10,13,14). The van der Waals surface area contributed by atoms with Crippen LogP contribution >= 0.6 is 0 Å². The summed E-state index contributed by atoms with van der Waals surface area (Å²) in [6.45, 7) is 8.73. The fraction of sp³-hybridized carbons (Fsp3) is 1.00. The van der Waals surface area contributed by atoms with E-state index in [-0.39, 0.29) is 5.75 Å². The zero-order chi connectivity index (χ0) is 11.7. The molecular formula is C9H23N3O2S. The van der Waals surface area contributed by atoms with Crippen molar-refractivity contribution in [1.29, 1.82) is 0 Å². The number of nitrogens with two attached hydrogens (primary N) is 1. The van der Waals surface area contributed by atoms with Crippen LogP contribution in [0.4, 0.5) is 0 Å². The maximum Gasteiger partial charge on any atom is 0.210 e. The first kappa shape index (κ1) is 14.8. The van der Waals surface area contributed by atoms with Gasteiger partial charge in [-0.05, 0) is 32.6 Å². The lowest BCUT2D eigenvalue weighted by molar-refractivity contribution is 0.298. The Balaban J connectivity index is 3.32. The van der Waals surface area contributed by atoms with Gasteiger partial charge in [0.15, 0.2) is 0 Å². The third-order valence-corrected chi connectivity index (χ3v) is 3.06. The molecule has 0 atom stereocenters. The van der Waals surface area contributed by atoms with Crippen molar-refractivity contribution in [3.8, 4) is 0 Å². The summed E-state index contributed by atoms with van der Waals surface area (Å²) < 4.78 is 21.2. The second kappa shape index (κ2) is 8.04. The second-order valence-electron chi connectivity index (χ2n) is 3.50. The van der Waals surface area contributed by atoms with Gasteiger partial charge < -0.3 is 10.2 Å². The van der Waals surface area contributed by atoms with Crippen LogP contribution in [0.15, 0.2) is 0 Å². The summed E-state index contributed by atoms with van der Waals surface area (Å²) in [4.78, 5) is 2.33. The molecule has 6 heteroatoms. The van der Waals surface area contributed by atoms with Crippen molar-refractivity contribution in [1.82, 2.24) is 10.2 Å². The molecule has 92 valence electrons. The van der Waals surface area contributed by atoms with E-state index in [9.17, 15) is 8.42 Å². The van der Waals surface area contributed by atoms with Gasteiger partial charge in [0.25, 0.3) is 0 Å². The first-order chi connectivity index (χ1) is 6.99. The molecular weight excluding hydrogens is 214 g/mol. The predicted molar refractivity (Wildman–Crippen MR) is 63.2 cm³/mol. The van der Waals surface area contributed by atoms with E-state index >= 15 is 0 Å². The maximum absolute atomic E-state index is 10.6. The van der Waals surface area contributed by atoms with Crippen LogP contribution in [0.3, 0.4) is 0 Å². The SMILES string of the molecule is CCN(CC)CCCNCCS(N)(=O)=O. The molecule has 0 radical (unpaired) electrons. The van der Waals surface area contributed by atoms with E-state index in [4.69, 9.17) is 5.14 Å². The number of primary sulfonamides is 1. The van der Waals surface area contributed by atoms with E-state index in [1.807, 2.05) is 0 Å². The van der Waals surface area contributed by atoms with E-state index in [0.29, 0.717) is 6.54 Å². The molecule has 0 spiro atoms. The highest BCUT2D eigenvalue weighted by molar-refractivity contribution is 7.89. The molecule has 0 aromatic carbocycles. The summed E-state index contributed by atoms with van der Waals surface area (Å²) in [6, 6.07) is 0. The van der Waals surface area contributed by atoms with Crippen LogP contribution in [-0.4, -0.2) is 51.8 Å². The number of hydrogen-bond acceptors (Lipinski definition) is 4. The lowest BCUT2D eigenvalue weighted by Gasteiger charge is -2.17. The summed E-state index contributed by atoms with van der Waals surface area (Å²) in [5.74, 6) is 0.0122. The Kier molecular flexibility index (Phi) is 7.95. The van der Waals surface area contributed by atoms with E-state index < -0.39 is 10.0 Å². The van der Waals surface area contributed by atoms with Crippen molar-refractivity contribution in [2.75, 3.05) is 38.5 Å². The minimum absolute atomic E-state index is 0.0122. The molecule has 0 fully saturated rings. The molecule has 0 unspecified atom stereocenters. The van der Waals surface area contributed by atoms with Crippen molar-refractivity contribution in [3.05, 3.63) is 0 Å². The smallest absolute Gasteiger partial charge is 0.210 e. The number of rotatable bonds is 9. The van der Waals surface area contributed by atoms with E-state index in [1.54, 1.807) is 0 Å². The fourth-order valence-electron chi connectivity index (χ4n) is 1.31. The van der Waals surface area contributed by atoms with Gasteiger partial charge in [0.2, 0.25) is 10.0 Å². The van der Waals surface area contributed by atoms with Crippen molar-refractivity contribution in [2.45, 2.75) is 20.3 Å². The largest absolute Gasteiger partial charge is 0.316 e. The molecule has 0 aliphatic rings. The van der Waals surface area contributed by atoms with Gasteiger partial charge >= 0.3 is 0 Å². The Hall–Kier alpha value is -0.170.